The minimum Gasteiger partial charge on any atom is -0.210 e. The third kappa shape index (κ3) is 3.17. The second-order valence-corrected chi connectivity index (χ2v) is 3.86. The molecule has 0 bridgehead atoms. The zero-order valence-electron chi connectivity index (χ0n) is 7.82. The van der Waals surface area contributed by atoms with Gasteiger partial charge >= 0.3 is 0 Å². The summed E-state index contributed by atoms with van der Waals surface area (Å²) >= 11 is 0. The van der Waals surface area contributed by atoms with Crippen LogP contribution in [0.25, 0.3) is 0 Å². The highest BCUT2D eigenvalue weighted by Crippen LogP contribution is 2.35. The molecule has 1 unspecified atom stereocenters. The summed E-state index contributed by atoms with van der Waals surface area (Å²) < 4.78 is 24.5. The molecule has 68 valence electrons. The number of alkyl halides is 2. The molecule has 0 aromatic rings. The van der Waals surface area contributed by atoms with Crippen LogP contribution in [0, 0.1) is 11.3 Å². The van der Waals surface area contributed by atoms with Crippen molar-refractivity contribution in [1.29, 1.82) is 0 Å². The average molecular weight is 164 g/mol. The van der Waals surface area contributed by atoms with E-state index in [2.05, 4.69) is 0 Å². The van der Waals surface area contributed by atoms with E-state index in [9.17, 15) is 8.78 Å². The van der Waals surface area contributed by atoms with Gasteiger partial charge in [-0.1, -0.05) is 34.1 Å². The van der Waals surface area contributed by atoms with E-state index in [-0.39, 0.29) is 5.41 Å². The number of halogens is 2. The van der Waals surface area contributed by atoms with E-state index in [1.54, 1.807) is 6.92 Å². The zero-order valence-corrected chi connectivity index (χ0v) is 7.82. The van der Waals surface area contributed by atoms with E-state index in [1.807, 2.05) is 20.8 Å². The molecular weight excluding hydrogens is 146 g/mol. The molecule has 0 fully saturated rings. The third-order valence-corrected chi connectivity index (χ3v) is 2.50. The van der Waals surface area contributed by atoms with E-state index >= 15 is 0 Å². The molecule has 11 heavy (non-hydrogen) atoms. The molecule has 0 heterocycles. The maximum atomic E-state index is 12.2. The van der Waals surface area contributed by atoms with Gasteiger partial charge in [-0.2, -0.15) is 0 Å². The van der Waals surface area contributed by atoms with E-state index in [0.29, 0.717) is 0 Å². The Bertz CT molecular complexity index is 108. The predicted octanol–water partition coefficient (Wildman–Crippen LogP) is 3.71. The van der Waals surface area contributed by atoms with Crippen LogP contribution in [0.1, 0.15) is 40.5 Å². The van der Waals surface area contributed by atoms with Crippen LogP contribution in [0.4, 0.5) is 8.78 Å². The van der Waals surface area contributed by atoms with Gasteiger partial charge < -0.3 is 0 Å². The first-order chi connectivity index (χ1) is 4.91. The average Bonchev–Trinajstić information content (AvgIpc) is 1.86. The summed E-state index contributed by atoms with van der Waals surface area (Å²) in [4.78, 5) is 0. The third-order valence-electron chi connectivity index (χ3n) is 2.50. The minimum atomic E-state index is -2.18. The van der Waals surface area contributed by atoms with Crippen LogP contribution in [0.2, 0.25) is 0 Å². The standard InChI is InChI=1S/C9H18F2/c1-5-6-9(3,4)7(2)8(10)11/h7-8H,5-6H2,1-4H3. The van der Waals surface area contributed by atoms with Crippen LogP contribution in [0.15, 0.2) is 0 Å². The molecule has 0 saturated heterocycles. The van der Waals surface area contributed by atoms with E-state index in [1.165, 1.54) is 0 Å². The molecule has 0 aliphatic rings. The Hall–Kier alpha value is -0.140. The molecule has 0 spiro atoms. The van der Waals surface area contributed by atoms with Crippen molar-refractivity contribution in [3.05, 3.63) is 0 Å². The first kappa shape index (κ1) is 10.9. The Kier molecular flexibility index (Phi) is 3.98. The quantitative estimate of drug-likeness (QED) is 0.594. The Morgan fingerprint density at radius 2 is 1.73 bits per heavy atom. The van der Waals surface area contributed by atoms with Crippen LogP contribution in [0.3, 0.4) is 0 Å². The molecule has 1 atom stereocenters. The van der Waals surface area contributed by atoms with Crippen molar-refractivity contribution in [1.82, 2.24) is 0 Å². The molecular formula is C9H18F2. The van der Waals surface area contributed by atoms with Crippen LogP contribution in [-0.4, -0.2) is 6.43 Å². The molecule has 0 nitrogen and oxygen atoms in total. The van der Waals surface area contributed by atoms with E-state index in [0.717, 1.165) is 12.8 Å². The molecule has 2 heteroatoms. The first-order valence-electron chi connectivity index (χ1n) is 4.20. The van der Waals surface area contributed by atoms with Crippen molar-refractivity contribution in [2.45, 2.75) is 47.0 Å². The largest absolute Gasteiger partial charge is 0.241 e. The van der Waals surface area contributed by atoms with Crippen molar-refractivity contribution in [2.75, 3.05) is 0 Å². The number of hydrogen-bond acceptors (Lipinski definition) is 0. The van der Waals surface area contributed by atoms with Crippen molar-refractivity contribution >= 4 is 0 Å². The van der Waals surface area contributed by atoms with Crippen molar-refractivity contribution in [3.63, 3.8) is 0 Å². The Balaban J connectivity index is 4.05. The van der Waals surface area contributed by atoms with Gasteiger partial charge in [-0.15, -0.1) is 0 Å². The second-order valence-electron chi connectivity index (χ2n) is 3.86. The monoisotopic (exact) mass is 164 g/mol. The maximum absolute atomic E-state index is 12.2. The topological polar surface area (TPSA) is 0 Å². The van der Waals surface area contributed by atoms with Gasteiger partial charge in [0, 0.05) is 5.92 Å². The molecule has 0 N–H and O–H groups in total. The summed E-state index contributed by atoms with van der Waals surface area (Å²) in [7, 11) is 0. The summed E-state index contributed by atoms with van der Waals surface area (Å²) in [5, 5.41) is 0. The van der Waals surface area contributed by atoms with Gasteiger partial charge in [-0.3, -0.25) is 0 Å². The van der Waals surface area contributed by atoms with Gasteiger partial charge in [-0.05, 0) is 11.8 Å². The van der Waals surface area contributed by atoms with Crippen molar-refractivity contribution in [3.8, 4) is 0 Å². The molecule has 0 aromatic heterocycles. The Morgan fingerprint density at radius 1 is 1.27 bits per heavy atom. The molecule has 0 amide bonds. The number of rotatable bonds is 4. The second kappa shape index (κ2) is 4.03. The Morgan fingerprint density at radius 3 is 2.00 bits per heavy atom. The summed E-state index contributed by atoms with van der Waals surface area (Å²) in [6, 6.07) is 0. The van der Waals surface area contributed by atoms with Gasteiger partial charge in [0.25, 0.3) is 0 Å². The summed E-state index contributed by atoms with van der Waals surface area (Å²) in [5.74, 6) is -0.498. The fourth-order valence-corrected chi connectivity index (χ4v) is 1.21. The summed E-state index contributed by atoms with van der Waals surface area (Å²) in [5.41, 5.74) is -0.219. The maximum Gasteiger partial charge on any atom is 0.241 e. The molecule has 0 aliphatic carbocycles. The van der Waals surface area contributed by atoms with Gasteiger partial charge in [0.05, 0.1) is 0 Å². The predicted molar refractivity (Wildman–Crippen MR) is 43.9 cm³/mol. The van der Waals surface area contributed by atoms with Gasteiger partial charge in [-0.25, -0.2) is 8.78 Å². The van der Waals surface area contributed by atoms with Crippen LogP contribution in [0.5, 0.6) is 0 Å². The summed E-state index contributed by atoms with van der Waals surface area (Å²) in [6.07, 6.45) is -0.334. The molecule has 0 radical (unpaired) electrons. The van der Waals surface area contributed by atoms with Crippen molar-refractivity contribution in [2.24, 2.45) is 11.3 Å². The molecule has 0 rings (SSSR count). The lowest BCUT2D eigenvalue weighted by atomic mass is 9.77. The van der Waals surface area contributed by atoms with Crippen LogP contribution >= 0.6 is 0 Å². The minimum absolute atomic E-state index is 0.219. The lowest BCUT2D eigenvalue weighted by Crippen LogP contribution is -2.27. The normalized spacial score (nSPS) is 15.5. The molecule has 0 saturated carbocycles. The fraction of sp³-hybridized carbons (Fsp3) is 1.00. The zero-order chi connectivity index (χ0) is 9.07. The van der Waals surface area contributed by atoms with E-state index in [4.69, 9.17) is 0 Å². The highest BCUT2D eigenvalue weighted by atomic mass is 19.3. The highest BCUT2D eigenvalue weighted by Gasteiger charge is 2.31. The highest BCUT2D eigenvalue weighted by molar-refractivity contribution is 4.76. The summed E-state index contributed by atoms with van der Waals surface area (Å²) in [6.45, 7) is 7.47. The smallest absolute Gasteiger partial charge is 0.210 e. The van der Waals surface area contributed by atoms with Crippen LogP contribution < -0.4 is 0 Å². The first-order valence-corrected chi connectivity index (χ1v) is 4.20. The lowest BCUT2D eigenvalue weighted by Gasteiger charge is -2.30. The van der Waals surface area contributed by atoms with Crippen LogP contribution in [-0.2, 0) is 0 Å². The fourth-order valence-electron chi connectivity index (χ4n) is 1.21. The molecule has 0 aromatic carbocycles. The van der Waals surface area contributed by atoms with Gasteiger partial charge in [0.1, 0.15) is 0 Å². The van der Waals surface area contributed by atoms with E-state index < -0.39 is 12.3 Å². The van der Waals surface area contributed by atoms with Gasteiger partial charge in [0.2, 0.25) is 6.43 Å². The SMILES string of the molecule is CCCC(C)(C)C(C)C(F)F. The van der Waals surface area contributed by atoms with Gasteiger partial charge in [0.15, 0.2) is 0 Å². The van der Waals surface area contributed by atoms with Crippen molar-refractivity contribution < 1.29 is 8.78 Å². The lowest BCUT2D eigenvalue weighted by molar-refractivity contribution is 0.0151. The molecule has 0 aliphatic heterocycles. The Labute approximate surface area is 68.0 Å². The number of hydrogen-bond donors (Lipinski definition) is 0.